The summed E-state index contributed by atoms with van der Waals surface area (Å²) >= 11 is 6.14. The molecule has 2 aromatic carbocycles. The van der Waals surface area contributed by atoms with Crippen LogP contribution in [0.4, 0.5) is 11.4 Å². The van der Waals surface area contributed by atoms with Crippen LogP contribution in [0.15, 0.2) is 48.5 Å². The molecule has 1 aliphatic rings. The van der Waals surface area contributed by atoms with E-state index in [1.165, 1.54) is 31.5 Å². The van der Waals surface area contributed by atoms with E-state index in [2.05, 4.69) is 39.5 Å². The number of pyridine rings is 1. The van der Waals surface area contributed by atoms with Gasteiger partial charge in [0.05, 0.1) is 10.4 Å². The summed E-state index contributed by atoms with van der Waals surface area (Å²) in [5, 5.41) is 15.5. The second kappa shape index (κ2) is 8.35. The second-order valence-corrected chi connectivity index (χ2v) is 7.85. The van der Waals surface area contributed by atoms with E-state index in [-0.39, 0.29) is 16.9 Å². The van der Waals surface area contributed by atoms with Crippen molar-refractivity contribution in [3.05, 3.63) is 74.9 Å². The molecule has 0 spiro atoms. The summed E-state index contributed by atoms with van der Waals surface area (Å²) in [6.45, 7) is 5.29. The Bertz CT molecular complexity index is 1030. The Hall–Kier alpha value is -2.70. The van der Waals surface area contributed by atoms with Crippen LogP contribution in [0.2, 0.25) is 5.15 Å². The standard InChI is InChI=1S/C22H23ClN4O2/c1-15(17-10-8-16(9-11-17)14-26-12-4-5-13-26)24-20-18-6-2-3-7-19(18)25-22(23)21(20)27(28)29/h2-3,6-11,15H,4-5,12-14H2,1H3,(H,24,25). The van der Waals surface area contributed by atoms with Crippen LogP contribution in [-0.4, -0.2) is 27.9 Å². The van der Waals surface area contributed by atoms with E-state index in [4.69, 9.17) is 11.6 Å². The lowest BCUT2D eigenvalue weighted by atomic mass is 10.0. The monoisotopic (exact) mass is 410 g/mol. The molecule has 1 atom stereocenters. The van der Waals surface area contributed by atoms with Crippen LogP contribution in [-0.2, 0) is 6.54 Å². The lowest BCUT2D eigenvalue weighted by Crippen LogP contribution is -2.18. The molecule has 0 bridgehead atoms. The van der Waals surface area contributed by atoms with E-state index in [0.29, 0.717) is 16.6 Å². The molecule has 4 rings (SSSR count). The second-order valence-electron chi connectivity index (χ2n) is 7.49. The molecule has 6 nitrogen and oxygen atoms in total. The molecule has 0 saturated carbocycles. The summed E-state index contributed by atoms with van der Waals surface area (Å²) in [5.74, 6) is 0. The van der Waals surface area contributed by atoms with E-state index in [1.807, 2.05) is 25.1 Å². The van der Waals surface area contributed by atoms with Crippen LogP contribution in [0.3, 0.4) is 0 Å². The Kier molecular flexibility index (Phi) is 5.65. The Labute approximate surface area is 174 Å². The minimum Gasteiger partial charge on any atom is -0.372 e. The van der Waals surface area contributed by atoms with Crippen LogP contribution >= 0.6 is 11.6 Å². The highest BCUT2D eigenvalue weighted by Gasteiger charge is 2.25. The van der Waals surface area contributed by atoms with Crippen LogP contribution in [0.5, 0.6) is 0 Å². The van der Waals surface area contributed by atoms with Crippen molar-refractivity contribution in [1.29, 1.82) is 0 Å². The molecular formula is C22H23ClN4O2. The summed E-state index contributed by atoms with van der Waals surface area (Å²) < 4.78 is 0. The fourth-order valence-corrected chi connectivity index (χ4v) is 4.15. The van der Waals surface area contributed by atoms with Crippen molar-refractivity contribution in [3.63, 3.8) is 0 Å². The van der Waals surface area contributed by atoms with Crippen molar-refractivity contribution in [2.24, 2.45) is 0 Å². The minimum absolute atomic E-state index is 0.107. The van der Waals surface area contributed by atoms with Crippen molar-refractivity contribution >= 4 is 33.9 Å². The lowest BCUT2D eigenvalue weighted by molar-refractivity contribution is -0.384. The predicted molar refractivity (Wildman–Crippen MR) is 116 cm³/mol. The van der Waals surface area contributed by atoms with Gasteiger partial charge in [0.15, 0.2) is 0 Å². The van der Waals surface area contributed by atoms with Crippen LogP contribution in [0, 0.1) is 10.1 Å². The van der Waals surface area contributed by atoms with Crippen molar-refractivity contribution in [1.82, 2.24) is 9.88 Å². The number of likely N-dealkylation sites (tertiary alicyclic amines) is 1. The van der Waals surface area contributed by atoms with Gasteiger partial charge in [0.1, 0.15) is 5.69 Å². The highest BCUT2D eigenvalue weighted by Crippen LogP contribution is 2.39. The highest BCUT2D eigenvalue weighted by atomic mass is 35.5. The lowest BCUT2D eigenvalue weighted by Gasteiger charge is -2.19. The van der Waals surface area contributed by atoms with E-state index in [0.717, 1.165) is 12.1 Å². The third-order valence-electron chi connectivity index (χ3n) is 5.45. The Balaban J connectivity index is 1.60. The molecule has 1 aliphatic heterocycles. The average Bonchev–Trinajstić information content (AvgIpc) is 3.21. The molecule has 1 aromatic heterocycles. The Morgan fingerprint density at radius 2 is 1.86 bits per heavy atom. The van der Waals surface area contributed by atoms with Gasteiger partial charge in [0, 0.05) is 18.0 Å². The number of para-hydroxylation sites is 1. The number of rotatable bonds is 6. The molecule has 1 N–H and O–H groups in total. The predicted octanol–water partition coefficient (Wildman–Crippen LogP) is 5.57. The number of nitro groups is 1. The van der Waals surface area contributed by atoms with Gasteiger partial charge >= 0.3 is 5.69 Å². The van der Waals surface area contributed by atoms with Crippen LogP contribution in [0.25, 0.3) is 10.9 Å². The van der Waals surface area contributed by atoms with Crippen LogP contribution < -0.4 is 5.32 Å². The number of fused-ring (bicyclic) bond motifs is 1. The van der Waals surface area contributed by atoms with Crippen LogP contribution in [0.1, 0.15) is 36.9 Å². The summed E-state index contributed by atoms with van der Waals surface area (Å²) in [6.07, 6.45) is 2.56. The van der Waals surface area contributed by atoms with E-state index in [9.17, 15) is 10.1 Å². The maximum Gasteiger partial charge on any atom is 0.329 e. The quantitative estimate of drug-likeness (QED) is 0.327. The minimum atomic E-state index is -0.476. The first-order valence-corrected chi connectivity index (χ1v) is 10.2. The number of anilines is 1. The third-order valence-corrected chi connectivity index (χ3v) is 5.72. The van der Waals surface area contributed by atoms with Gasteiger partial charge in [0.2, 0.25) is 5.15 Å². The fraction of sp³-hybridized carbons (Fsp3) is 0.318. The zero-order chi connectivity index (χ0) is 20.4. The Morgan fingerprint density at radius 1 is 1.17 bits per heavy atom. The zero-order valence-electron chi connectivity index (χ0n) is 16.3. The molecule has 1 fully saturated rings. The van der Waals surface area contributed by atoms with Crippen molar-refractivity contribution in [2.75, 3.05) is 18.4 Å². The van der Waals surface area contributed by atoms with Gasteiger partial charge in [-0.15, -0.1) is 0 Å². The number of nitrogens with zero attached hydrogens (tertiary/aromatic N) is 3. The summed E-state index contributed by atoms with van der Waals surface area (Å²) in [7, 11) is 0. The SMILES string of the molecule is CC(Nc1c([N+](=O)[O-])c(Cl)nc2ccccc12)c1ccc(CN2CCCC2)cc1. The molecule has 1 saturated heterocycles. The molecule has 150 valence electrons. The third kappa shape index (κ3) is 4.18. The Morgan fingerprint density at radius 3 is 2.55 bits per heavy atom. The van der Waals surface area contributed by atoms with Gasteiger partial charge in [-0.25, -0.2) is 4.98 Å². The molecular weight excluding hydrogens is 388 g/mol. The summed E-state index contributed by atoms with van der Waals surface area (Å²) in [4.78, 5) is 17.8. The molecule has 0 amide bonds. The number of nitrogens with one attached hydrogen (secondary N) is 1. The normalized spacial score (nSPS) is 15.5. The molecule has 7 heteroatoms. The molecule has 1 unspecified atom stereocenters. The smallest absolute Gasteiger partial charge is 0.329 e. The number of benzene rings is 2. The van der Waals surface area contributed by atoms with E-state index >= 15 is 0 Å². The van der Waals surface area contributed by atoms with E-state index < -0.39 is 4.92 Å². The number of aromatic nitrogens is 1. The fourth-order valence-electron chi connectivity index (χ4n) is 3.90. The number of hydrogen-bond acceptors (Lipinski definition) is 5. The van der Waals surface area contributed by atoms with Gasteiger partial charge in [0.25, 0.3) is 0 Å². The first-order valence-electron chi connectivity index (χ1n) is 9.83. The first kappa shape index (κ1) is 19.6. The van der Waals surface area contributed by atoms with Crippen molar-refractivity contribution < 1.29 is 4.92 Å². The molecule has 3 aromatic rings. The molecule has 29 heavy (non-hydrogen) atoms. The van der Waals surface area contributed by atoms with Gasteiger partial charge in [-0.2, -0.15) is 0 Å². The summed E-state index contributed by atoms with van der Waals surface area (Å²) in [6, 6.07) is 15.6. The molecule has 0 aliphatic carbocycles. The zero-order valence-corrected chi connectivity index (χ0v) is 17.0. The first-order chi connectivity index (χ1) is 14.0. The van der Waals surface area contributed by atoms with Crippen molar-refractivity contribution in [3.8, 4) is 0 Å². The van der Waals surface area contributed by atoms with Gasteiger partial charge in [-0.05, 0) is 50.0 Å². The largest absolute Gasteiger partial charge is 0.372 e. The summed E-state index contributed by atoms with van der Waals surface area (Å²) in [5.41, 5.74) is 3.17. The van der Waals surface area contributed by atoms with Gasteiger partial charge in [-0.1, -0.05) is 54.1 Å². The number of hydrogen-bond donors (Lipinski definition) is 1. The maximum atomic E-state index is 11.7. The number of halogens is 1. The maximum absolute atomic E-state index is 11.7. The van der Waals surface area contributed by atoms with Gasteiger partial charge < -0.3 is 5.32 Å². The van der Waals surface area contributed by atoms with Crippen molar-refractivity contribution in [2.45, 2.75) is 32.4 Å². The topological polar surface area (TPSA) is 71.3 Å². The van der Waals surface area contributed by atoms with E-state index in [1.54, 1.807) is 6.07 Å². The average molecular weight is 411 g/mol. The van der Waals surface area contributed by atoms with Gasteiger partial charge in [-0.3, -0.25) is 15.0 Å². The molecule has 2 heterocycles. The highest BCUT2D eigenvalue weighted by molar-refractivity contribution is 6.33. The molecule has 0 radical (unpaired) electrons.